The van der Waals surface area contributed by atoms with Crippen molar-refractivity contribution >= 4 is 28.7 Å². The van der Waals surface area contributed by atoms with Gasteiger partial charge in [0.2, 0.25) is 0 Å². The molecule has 1 aromatic carbocycles. The Kier molecular flexibility index (Phi) is 7.82. The molecule has 2 aromatic rings. The van der Waals surface area contributed by atoms with Gasteiger partial charge in [0.05, 0.1) is 6.61 Å². The van der Waals surface area contributed by atoms with E-state index in [-0.39, 0.29) is 36.2 Å². The number of rotatable bonds is 7. The quantitative estimate of drug-likeness (QED) is 0.556. The van der Waals surface area contributed by atoms with Gasteiger partial charge in [-0.1, -0.05) is 0 Å². The number of nitrogens with two attached hydrogens (primary N) is 1. The van der Waals surface area contributed by atoms with Gasteiger partial charge in [-0.25, -0.2) is 22.5 Å². The molecule has 0 bridgehead atoms. The summed E-state index contributed by atoms with van der Waals surface area (Å²) in [6.45, 7) is 4.23. The summed E-state index contributed by atoms with van der Waals surface area (Å²) in [6.07, 6.45) is 0.769. The van der Waals surface area contributed by atoms with Crippen LogP contribution < -0.4 is 15.8 Å². The maximum atomic E-state index is 15.1. The van der Waals surface area contributed by atoms with Gasteiger partial charge in [0.15, 0.2) is 5.82 Å². The number of carbonyl (C=O) groups is 2. The first-order valence-electron chi connectivity index (χ1n) is 10.4. The van der Waals surface area contributed by atoms with Crippen LogP contribution >= 0.6 is 0 Å². The molecule has 1 aliphatic rings. The fourth-order valence-corrected chi connectivity index (χ4v) is 4.86. The van der Waals surface area contributed by atoms with Crippen LogP contribution in [0.1, 0.15) is 23.0 Å². The number of aromatic nitrogens is 1. The summed E-state index contributed by atoms with van der Waals surface area (Å²) in [6, 6.07) is 3.55. The first-order valence-corrected chi connectivity index (χ1v) is 11.5. The Morgan fingerprint density at radius 1 is 1.30 bits per heavy atom. The van der Waals surface area contributed by atoms with Crippen molar-refractivity contribution in [2.75, 3.05) is 31.6 Å². The van der Waals surface area contributed by atoms with E-state index in [0.29, 0.717) is 17.8 Å². The largest absolute Gasteiger partial charge is 0.450 e. The van der Waals surface area contributed by atoms with Gasteiger partial charge in [0.1, 0.15) is 27.4 Å². The predicted molar refractivity (Wildman–Crippen MR) is 119 cm³/mol. The number of anilines is 1. The van der Waals surface area contributed by atoms with E-state index < -0.39 is 40.7 Å². The van der Waals surface area contributed by atoms with E-state index in [9.17, 15) is 18.2 Å². The van der Waals surface area contributed by atoms with Gasteiger partial charge in [-0.2, -0.15) is 0 Å². The van der Waals surface area contributed by atoms with Crippen LogP contribution in [0.25, 0.3) is 0 Å². The average molecular weight is 484 g/mol. The number of nitrogens with one attached hydrogen (secondary N) is 2. The third kappa shape index (κ3) is 5.40. The van der Waals surface area contributed by atoms with E-state index in [0.717, 1.165) is 0 Å². The van der Waals surface area contributed by atoms with Crippen molar-refractivity contribution in [3.8, 4) is 0 Å². The molecule has 180 valence electrons. The summed E-state index contributed by atoms with van der Waals surface area (Å²) in [5, 5.41) is 2.52. The molecule has 2 heterocycles. The lowest BCUT2D eigenvalue weighted by molar-refractivity contribution is 0.101. The second kappa shape index (κ2) is 10.4. The molecule has 0 radical (unpaired) electrons. The number of hydrogen-bond acceptors (Lipinski definition) is 5. The first kappa shape index (κ1) is 24.8. The summed E-state index contributed by atoms with van der Waals surface area (Å²) in [5.41, 5.74) is 6.10. The summed E-state index contributed by atoms with van der Waals surface area (Å²) in [5.74, 6) is -2.33. The maximum absolute atomic E-state index is 15.1. The Balaban J connectivity index is 1.74. The molecule has 1 fully saturated rings. The fourth-order valence-electron chi connectivity index (χ4n) is 3.68. The summed E-state index contributed by atoms with van der Waals surface area (Å²) in [7, 11) is -0.554. The number of nitrogens with zero attached hydrogens (tertiary/aromatic N) is 2. The van der Waals surface area contributed by atoms with E-state index in [4.69, 9.17) is 10.5 Å². The minimum absolute atomic E-state index is 0.199. The van der Waals surface area contributed by atoms with E-state index in [2.05, 4.69) is 10.0 Å². The van der Waals surface area contributed by atoms with Gasteiger partial charge >= 0.3 is 6.09 Å². The summed E-state index contributed by atoms with van der Waals surface area (Å²) < 4.78 is 50.5. The van der Waals surface area contributed by atoms with Crippen LogP contribution in [-0.4, -0.2) is 58.0 Å². The highest BCUT2D eigenvalue weighted by Crippen LogP contribution is 2.23. The molecule has 3 rings (SSSR count). The molecule has 0 saturated carbocycles. The standard InChI is InChI=1S/C21H27F2N5O4S/c1-4-32-21(30)28-9-13(8-24)16(10-28)26-33(31)17-11-27(3)19(18(17)23)20(29)25-14-5-6-15(22)12(2)7-14/h5-7,11,13,16,26H,4,8-10,24H2,1-3H3,(H,25,29). The van der Waals surface area contributed by atoms with Crippen molar-refractivity contribution < 1.29 is 27.3 Å². The number of halogens is 2. The molecule has 1 aromatic heterocycles. The van der Waals surface area contributed by atoms with Gasteiger partial charge in [-0.3, -0.25) is 4.79 Å². The Labute approximate surface area is 192 Å². The van der Waals surface area contributed by atoms with Gasteiger partial charge in [-0.15, -0.1) is 0 Å². The summed E-state index contributed by atoms with van der Waals surface area (Å²) in [4.78, 5) is 25.9. The molecule has 2 amide bonds. The number of amides is 2. The van der Waals surface area contributed by atoms with Crippen molar-refractivity contribution in [2.24, 2.45) is 18.7 Å². The Hall–Kier alpha value is -2.83. The number of ether oxygens (including phenoxy) is 1. The van der Waals surface area contributed by atoms with E-state index in [1.807, 2.05) is 0 Å². The molecule has 1 aliphatic heterocycles. The van der Waals surface area contributed by atoms with Crippen LogP contribution in [-0.2, 0) is 22.8 Å². The molecule has 12 heteroatoms. The lowest BCUT2D eigenvalue weighted by Gasteiger charge is -2.17. The molecule has 9 nitrogen and oxygen atoms in total. The predicted octanol–water partition coefficient (Wildman–Crippen LogP) is 1.89. The molecule has 0 aliphatic carbocycles. The monoisotopic (exact) mass is 483 g/mol. The Morgan fingerprint density at radius 3 is 2.67 bits per heavy atom. The number of aryl methyl sites for hydroxylation is 2. The lowest BCUT2D eigenvalue weighted by Crippen LogP contribution is -2.40. The average Bonchev–Trinajstić information content (AvgIpc) is 3.30. The summed E-state index contributed by atoms with van der Waals surface area (Å²) >= 11 is 0. The highest BCUT2D eigenvalue weighted by molar-refractivity contribution is 7.83. The minimum atomic E-state index is -2.01. The smallest absolute Gasteiger partial charge is 0.409 e. The molecule has 3 unspecified atom stereocenters. The van der Waals surface area contributed by atoms with Crippen LogP contribution in [0.5, 0.6) is 0 Å². The minimum Gasteiger partial charge on any atom is -0.450 e. The zero-order valence-corrected chi connectivity index (χ0v) is 19.4. The van der Waals surface area contributed by atoms with Gasteiger partial charge in [0, 0.05) is 44.0 Å². The van der Waals surface area contributed by atoms with Crippen LogP contribution in [0.3, 0.4) is 0 Å². The maximum Gasteiger partial charge on any atom is 0.409 e. The highest BCUT2D eigenvalue weighted by atomic mass is 32.2. The zero-order chi connectivity index (χ0) is 24.3. The second-order valence-corrected chi connectivity index (χ2v) is 8.99. The van der Waals surface area contributed by atoms with Crippen molar-refractivity contribution in [2.45, 2.75) is 24.8 Å². The van der Waals surface area contributed by atoms with E-state index >= 15 is 4.39 Å². The molecule has 4 N–H and O–H groups in total. The van der Waals surface area contributed by atoms with Gasteiger partial charge < -0.3 is 25.3 Å². The van der Waals surface area contributed by atoms with Crippen LogP contribution in [0.2, 0.25) is 0 Å². The number of carbonyl (C=O) groups excluding carboxylic acids is 2. The topological polar surface area (TPSA) is 119 Å². The highest BCUT2D eigenvalue weighted by Gasteiger charge is 2.37. The van der Waals surface area contributed by atoms with Crippen molar-refractivity contribution in [3.05, 3.63) is 47.3 Å². The van der Waals surface area contributed by atoms with Crippen molar-refractivity contribution in [3.63, 3.8) is 0 Å². The Morgan fingerprint density at radius 2 is 2.03 bits per heavy atom. The first-order chi connectivity index (χ1) is 15.7. The van der Waals surface area contributed by atoms with E-state index in [1.165, 1.54) is 40.9 Å². The number of benzene rings is 1. The SMILES string of the molecule is CCOC(=O)N1CC(CN)C(NS(=O)c2cn(C)c(C(=O)Nc3ccc(F)c(C)c3)c2F)C1. The van der Waals surface area contributed by atoms with Gasteiger partial charge in [-0.05, 0) is 44.2 Å². The lowest BCUT2D eigenvalue weighted by atomic mass is 10.1. The van der Waals surface area contributed by atoms with Crippen molar-refractivity contribution in [1.82, 2.24) is 14.2 Å². The normalized spacial score (nSPS) is 18.9. The molecule has 33 heavy (non-hydrogen) atoms. The molecule has 3 atom stereocenters. The Bertz CT molecular complexity index is 1080. The van der Waals surface area contributed by atoms with Crippen LogP contribution in [0.4, 0.5) is 19.3 Å². The van der Waals surface area contributed by atoms with Gasteiger partial charge in [0.25, 0.3) is 5.91 Å². The van der Waals surface area contributed by atoms with Crippen LogP contribution in [0, 0.1) is 24.5 Å². The fraction of sp³-hybridized carbons (Fsp3) is 0.429. The third-order valence-electron chi connectivity index (χ3n) is 5.45. The van der Waals surface area contributed by atoms with Crippen molar-refractivity contribution in [1.29, 1.82) is 0 Å². The zero-order valence-electron chi connectivity index (χ0n) is 18.6. The van der Waals surface area contributed by atoms with E-state index in [1.54, 1.807) is 13.8 Å². The van der Waals surface area contributed by atoms with Crippen LogP contribution in [0.15, 0.2) is 29.3 Å². The second-order valence-electron chi connectivity index (χ2n) is 7.78. The molecular weight excluding hydrogens is 456 g/mol. The molecule has 0 spiro atoms. The third-order valence-corrected chi connectivity index (χ3v) is 6.65. The number of hydrogen-bond donors (Lipinski definition) is 3. The molecule has 1 saturated heterocycles. The molecular formula is C21H27F2N5O4S. The number of likely N-dealkylation sites (tertiary alicyclic amines) is 1.